The Morgan fingerprint density at radius 1 is 0.710 bits per heavy atom. The Balaban J connectivity index is 0.000000194. The van der Waals surface area contributed by atoms with Crippen molar-refractivity contribution >= 4 is 30.2 Å². The molecule has 2 bridgehead atoms. The quantitative estimate of drug-likeness (QED) is 0.384. The van der Waals surface area contributed by atoms with Gasteiger partial charge in [0.25, 0.3) is 0 Å². The van der Waals surface area contributed by atoms with Crippen molar-refractivity contribution in [2.24, 2.45) is 16.7 Å². The standard InChI is InChI=1S/C18H15S.C10H16O.H2S/c1-4-10-16(11-5-1)19(17-12-6-2-7-13-17)18-14-8-3-9-15-18;1-9(2)7-4-5-10(9,3)8(11)6-7;/h1-15H;7H,4-6H2,1-3H3;1H2/q+1;;. The average molecular weight is 450 g/mol. The zero-order chi connectivity index (χ0) is 21.2. The van der Waals surface area contributed by atoms with Gasteiger partial charge in [-0.05, 0) is 60.6 Å². The van der Waals surface area contributed by atoms with Crippen molar-refractivity contribution in [3.8, 4) is 0 Å². The van der Waals surface area contributed by atoms with Crippen LogP contribution in [0.25, 0.3) is 0 Å². The van der Waals surface area contributed by atoms with Gasteiger partial charge in [-0.25, -0.2) is 0 Å². The van der Waals surface area contributed by atoms with Crippen molar-refractivity contribution in [2.75, 3.05) is 0 Å². The number of hydrogen-bond acceptors (Lipinski definition) is 1. The monoisotopic (exact) mass is 449 g/mol. The highest BCUT2D eigenvalue weighted by atomic mass is 32.2. The van der Waals surface area contributed by atoms with Crippen LogP contribution in [0.2, 0.25) is 0 Å². The van der Waals surface area contributed by atoms with E-state index in [0.29, 0.717) is 11.7 Å². The molecule has 1 nitrogen and oxygen atoms in total. The highest BCUT2D eigenvalue weighted by Crippen LogP contribution is 2.63. The summed E-state index contributed by atoms with van der Waals surface area (Å²) in [7, 11) is -0.0146. The predicted molar refractivity (Wildman–Crippen MR) is 136 cm³/mol. The molecule has 3 aromatic carbocycles. The molecule has 0 radical (unpaired) electrons. The van der Waals surface area contributed by atoms with Crippen molar-refractivity contribution in [3.05, 3.63) is 91.0 Å². The SMILES string of the molecule is CC12CCC(CC1=O)C2(C)C.S.c1ccc([S+](c2ccccc2)c2ccccc2)cc1. The van der Waals surface area contributed by atoms with Crippen LogP contribution >= 0.6 is 13.5 Å². The van der Waals surface area contributed by atoms with Crippen LogP contribution in [0.3, 0.4) is 0 Å². The fourth-order valence-corrected chi connectivity index (χ4v) is 7.08. The number of fused-ring (bicyclic) bond motifs is 2. The lowest BCUT2D eigenvalue weighted by molar-refractivity contribution is -0.128. The second-order valence-electron chi connectivity index (χ2n) is 9.16. The summed E-state index contributed by atoms with van der Waals surface area (Å²) < 4.78 is 0. The first-order chi connectivity index (χ1) is 14.4. The van der Waals surface area contributed by atoms with Crippen LogP contribution in [0.4, 0.5) is 0 Å². The van der Waals surface area contributed by atoms with Crippen LogP contribution < -0.4 is 0 Å². The number of hydrogen-bond donors (Lipinski definition) is 0. The molecule has 0 aliphatic heterocycles. The molecule has 162 valence electrons. The third-order valence-electron chi connectivity index (χ3n) is 7.42. The van der Waals surface area contributed by atoms with Gasteiger partial charge in [0, 0.05) is 11.8 Å². The number of carbonyl (C=O) groups is 1. The molecule has 0 heterocycles. The maximum atomic E-state index is 11.6. The molecule has 2 saturated carbocycles. The molecule has 2 aliphatic rings. The highest BCUT2D eigenvalue weighted by molar-refractivity contribution is 7.97. The molecule has 0 saturated heterocycles. The first kappa shape index (κ1) is 23.7. The Morgan fingerprint density at radius 2 is 1.10 bits per heavy atom. The minimum atomic E-state index is -0.0146. The van der Waals surface area contributed by atoms with E-state index in [1.807, 2.05) is 0 Å². The highest BCUT2D eigenvalue weighted by Gasteiger charge is 2.61. The normalized spacial score (nSPS) is 23.1. The lowest BCUT2D eigenvalue weighted by Gasteiger charge is -2.32. The van der Waals surface area contributed by atoms with E-state index in [9.17, 15) is 4.79 Å². The van der Waals surface area contributed by atoms with Gasteiger partial charge in [0.1, 0.15) is 5.78 Å². The summed E-state index contributed by atoms with van der Waals surface area (Å²) in [5.41, 5.74) is 0.307. The number of rotatable bonds is 3. The van der Waals surface area contributed by atoms with Gasteiger partial charge in [-0.2, -0.15) is 13.5 Å². The van der Waals surface area contributed by atoms with Crippen LogP contribution in [0.15, 0.2) is 106 Å². The average Bonchev–Trinajstić information content (AvgIpc) is 3.10. The van der Waals surface area contributed by atoms with E-state index in [1.165, 1.54) is 21.1 Å². The molecule has 31 heavy (non-hydrogen) atoms. The molecule has 3 aromatic rings. The van der Waals surface area contributed by atoms with Gasteiger partial charge in [-0.3, -0.25) is 4.79 Å². The minimum Gasteiger partial charge on any atom is -0.299 e. The number of benzene rings is 3. The molecular weight excluding hydrogens is 416 g/mol. The number of Topliss-reactive ketones (excluding diaryl/α,β-unsaturated/α-hetero) is 1. The van der Waals surface area contributed by atoms with E-state index < -0.39 is 0 Å². The van der Waals surface area contributed by atoms with E-state index in [4.69, 9.17) is 0 Å². The van der Waals surface area contributed by atoms with Gasteiger partial charge in [0.2, 0.25) is 0 Å². The van der Waals surface area contributed by atoms with E-state index >= 15 is 0 Å². The van der Waals surface area contributed by atoms with Gasteiger partial charge in [0.05, 0.1) is 10.9 Å². The molecule has 0 N–H and O–H groups in total. The zero-order valence-electron chi connectivity index (χ0n) is 18.7. The van der Waals surface area contributed by atoms with Crippen LogP contribution in [0, 0.1) is 16.7 Å². The Bertz CT molecular complexity index is 891. The summed E-state index contributed by atoms with van der Waals surface area (Å²) in [5.74, 6) is 1.19. The van der Waals surface area contributed by atoms with Gasteiger partial charge in [-0.1, -0.05) is 75.4 Å². The summed E-state index contributed by atoms with van der Waals surface area (Å²) in [6.07, 6.45) is 3.25. The predicted octanol–water partition coefficient (Wildman–Crippen LogP) is 7.30. The van der Waals surface area contributed by atoms with Gasteiger partial charge >= 0.3 is 0 Å². The molecule has 2 aliphatic carbocycles. The summed E-state index contributed by atoms with van der Waals surface area (Å²) >= 11 is 0. The van der Waals surface area contributed by atoms with Crippen molar-refractivity contribution < 1.29 is 4.79 Å². The van der Waals surface area contributed by atoms with Gasteiger partial charge < -0.3 is 0 Å². The van der Waals surface area contributed by atoms with E-state index in [1.54, 1.807) is 0 Å². The van der Waals surface area contributed by atoms with Gasteiger partial charge in [0.15, 0.2) is 14.7 Å². The fourth-order valence-electron chi connectivity index (χ4n) is 4.98. The zero-order valence-corrected chi connectivity index (χ0v) is 20.5. The molecule has 2 fully saturated rings. The summed E-state index contributed by atoms with van der Waals surface area (Å²) in [4.78, 5) is 15.7. The maximum Gasteiger partial charge on any atom is 0.166 e. The maximum absolute atomic E-state index is 11.6. The molecule has 3 heteroatoms. The summed E-state index contributed by atoms with van der Waals surface area (Å²) in [6.45, 7) is 6.67. The second kappa shape index (κ2) is 9.67. The Kier molecular flexibility index (Phi) is 7.39. The van der Waals surface area contributed by atoms with Gasteiger partial charge in [-0.15, -0.1) is 0 Å². The summed E-state index contributed by atoms with van der Waals surface area (Å²) in [6, 6.07) is 32.2. The van der Waals surface area contributed by atoms with Crippen LogP contribution in [0.5, 0.6) is 0 Å². The van der Waals surface area contributed by atoms with Crippen molar-refractivity contribution in [3.63, 3.8) is 0 Å². The van der Waals surface area contributed by atoms with Crippen LogP contribution in [0.1, 0.15) is 40.0 Å². The van der Waals surface area contributed by atoms with Crippen LogP contribution in [-0.4, -0.2) is 5.78 Å². The Morgan fingerprint density at radius 3 is 1.32 bits per heavy atom. The number of carbonyl (C=O) groups excluding carboxylic acids is 1. The third-order valence-corrected chi connectivity index (χ3v) is 9.65. The Labute approximate surface area is 197 Å². The smallest absolute Gasteiger partial charge is 0.166 e. The molecule has 5 rings (SSSR count). The molecule has 0 aromatic heterocycles. The number of ketones is 1. The lowest BCUT2D eigenvalue weighted by atomic mass is 9.70. The fraction of sp³-hybridized carbons (Fsp3) is 0.321. The van der Waals surface area contributed by atoms with Crippen molar-refractivity contribution in [2.45, 2.75) is 54.7 Å². The van der Waals surface area contributed by atoms with Crippen molar-refractivity contribution in [1.82, 2.24) is 0 Å². The lowest BCUT2D eigenvalue weighted by Crippen LogP contribution is -2.32. The minimum absolute atomic E-state index is 0. The second-order valence-corrected chi connectivity index (χ2v) is 11.2. The molecule has 0 amide bonds. The summed E-state index contributed by atoms with van der Waals surface area (Å²) in [5, 5.41) is 0. The van der Waals surface area contributed by atoms with E-state index in [0.717, 1.165) is 12.8 Å². The third kappa shape index (κ3) is 4.49. The van der Waals surface area contributed by atoms with Crippen molar-refractivity contribution in [1.29, 1.82) is 0 Å². The molecular formula is C28H33OS2+. The van der Waals surface area contributed by atoms with E-state index in [-0.39, 0.29) is 35.2 Å². The van der Waals surface area contributed by atoms with E-state index in [2.05, 4.69) is 112 Å². The first-order valence-electron chi connectivity index (χ1n) is 10.9. The largest absolute Gasteiger partial charge is 0.299 e. The molecule has 2 unspecified atom stereocenters. The molecule has 0 spiro atoms. The molecule has 2 atom stereocenters. The topological polar surface area (TPSA) is 17.1 Å². The van der Waals surface area contributed by atoms with Crippen LogP contribution in [-0.2, 0) is 15.7 Å². The first-order valence-corrected chi connectivity index (χ1v) is 12.1. The Hall–Kier alpha value is -1.97.